The van der Waals surface area contributed by atoms with Crippen LogP contribution in [0, 0.1) is 5.41 Å². The number of carbonyl (C=O) groups excluding carboxylic acids is 1. The van der Waals surface area contributed by atoms with Crippen LogP contribution >= 0.6 is 0 Å². The Balaban J connectivity index is 1.34. The van der Waals surface area contributed by atoms with E-state index in [4.69, 9.17) is 0 Å². The Kier molecular flexibility index (Phi) is 4.98. The van der Waals surface area contributed by atoms with Crippen LogP contribution in [-0.2, 0) is 4.79 Å². The molecule has 1 aromatic carbocycles. The lowest BCUT2D eigenvalue weighted by Crippen LogP contribution is -2.49. The molecular formula is C22H27N3O2. The number of nitrogens with one attached hydrogen (secondary N) is 1. The van der Waals surface area contributed by atoms with E-state index in [0.29, 0.717) is 11.0 Å². The summed E-state index contributed by atoms with van der Waals surface area (Å²) in [5, 5.41) is 13.5. The van der Waals surface area contributed by atoms with Crippen LogP contribution in [0.4, 0.5) is 0 Å². The standard InChI is InChI=1S/C22H27N3O2/c1-16(21(27)25-13-11-22(9-10-22)12-14-25)24-20(26)18-7-8-19(23-15-18)17-5-3-2-4-6-17/h2-8,15-16,20,24,26H,9-14H2,1H3. The van der Waals surface area contributed by atoms with Gasteiger partial charge in [-0.3, -0.25) is 15.1 Å². The molecule has 0 bridgehead atoms. The van der Waals surface area contributed by atoms with Crippen molar-refractivity contribution in [2.45, 2.75) is 44.9 Å². The molecule has 2 N–H and O–H groups in total. The van der Waals surface area contributed by atoms with Crippen LogP contribution in [0.2, 0.25) is 0 Å². The van der Waals surface area contributed by atoms with Gasteiger partial charge >= 0.3 is 0 Å². The van der Waals surface area contributed by atoms with Crippen LogP contribution in [0.15, 0.2) is 48.7 Å². The molecule has 142 valence electrons. The van der Waals surface area contributed by atoms with Gasteiger partial charge in [-0.15, -0.1) is 0 Å². The van der Waals surface area contributed by atoms with Crippen LogP contribution in [0.5, 0.6) is 0 Å². The van der Waals surface area contributed by atoms with E-state index in [-0.39, 0.29) is 5.91 Å². The minimum Gasteiger partial charge on any atom is -0.374 e. The number of aliphatic hydroxyl groups is 1. The van der Waals surface area contributed by atoms with Gasteiger partial charge in [0.25, 0.3) is 0 Å². The maximum Gasteiger partial charge on any atom is 0.239 e. The molecule has 5 heteroatoms. The van der Waals surface area contributed by atoms with Crippen molar-refractivity contribution in [1.29, 1.82) is 0 Å². The van der Waals surface area contributed by atoms with Gasteiger partial charge in [-0.05, 0) is 44.1 Å². The summed E-state index contributed by atoms with van der Waals surface area (Å²) in [7, 11) is 0. The van der Waals surface area contributed by atoms with Crippen LogP contribution in [0.3, 0.4) is 0 Å². The molecule has 2 heterocycles. The summed E-state index contributed by atoms with van der Waals surface area (Å²) in [6.07, 6.45) is 5.65. The summed E-state index contributed by atoms with van der Waals surface area (Å²) in [5.74, 6) is 0.0680. The molecule has 1 aromatic heterocycles. The number of pyridine rings is 1. The third-order valence-electron chi connectivity index (χ3n) is 6.04. The second kappa shape index (κ2) is 7.41. The highest BCUT2D eigenvalue weighted by atomic mass is 16.3. The largest absolute Gasteiger partial charge is 0.374 e. The highest BCUT2D eigenvalue weighted by Crippen LogP contribution is 2.53. The van der Waals surface area contributed by atoms with Gasteiger partial charge in [-0.2, -0.15) is 0 Å². The molecular weight excluding hydrogens is 338 g/mol. The second-order valence-electron chi connectivity index (χ2n) is 7.96. The Morgan fingerprint density at radius 1 is 1.11 bits per heavy atom. The molecule has 2 aliphatic rings. The fourth-order valence-corrected chi connectivity index (χ4v) is 3.90. The van der Waals surface area contributed by atoms with Gasteiger partial charge in [-0.1, -0.05) is 36.4 Å². The number of rotatable bonds is 5. The summed E-state index contributed by atoms with van der Waals surface area (Å²) >= 11 is 0. The van der Waals surface area contributed by atoms with Gasteiger partial charge in [0.1, 0.15) is 6.23 Å². The molecule has 1 aliphatic heterocycles. The van der Waals surface area contributed by atoms with Crippen LogP contribution < -0.4 is 5.32 Å². The van der Waals surface area contributed by atoms with E-state index in [1.807, 2.05) is 54.3 Å². The maximum absolute atomic E-state index is 12.7. The molecule has 0 radical (unpaired) electrons. The van der Waals surface area contributed by atoms with E-state index in [9.17, 15) is 9.90 Å². The van der Waals surface area contributed by atoms with Crippen molar-refractivity contribution in [3.63, 3.8) is 0 Å². The van der Waals surface area contributed by atoms with Crippen LogP contribution in [0.25, 0.3) is 11.3 Å². The second-order valence-corrected chi connectivity index (χ2v) is 7.96. The summed E-state index contributed by atoms with van der Waals surface area (Å²) in [6.45, 7) is 3.50. The van der Waals surface area contributed by atoms with Gasteiger partial charge in [0.2, 0.25) is 5.91 Å². The van der Waals surface area contributed by atoms with Crippen LogP contribution in [0.1, 0.15) is 44.4 Å². The monoisotopic (exact) mass is 365 g/mol. The Labute approximate surface area is 160 Å². The number of carbonyl (C=O) groups is 1. The van der Waals surface area contributed by atoms with Crippen molar-refractivity contribution in [3.05, 3.63) is 54.2 Å². The molecule has 27 heavy (non-hydrogen) atoms. The van der Waals surface area contributed by atoms with Gasteiger partial charge in [0.05, 0.1) is 11.7 Å². The maximum atomic E-state index is 12.7. The zero-order chi connectivity index (χ0) is 18.9. The lowest BCUT2D eigenvalue weighted by molar-refractivity contribution is -0.135. The number of benzene rings is 1. The highest BCUT2D eigenvalue weighted by molar-refractivity contribution is 5.81. The lowest BCUT2D eigenvalue weighted by Gasteiger charge is -2.34. The highest BCUT2D eigenvalue weighted by Gasteiger charge is 2.45. The first-order valence-corrected chi connectivity index (χ1v) is 9.81. The number of aromatic nitrogens is 1. The predicted molar refractivity (Wildman–Crippen MR) is 105 cm³/mol. The zero-order valence-electron chi connectivity index (χ0n) is 15.8. The van der Waals surface area contributed by atoms with E-state index in [1.54, 1.807) is 6.20 Å². The summed E-state index contributed by atoms with van der Waals surface area (Å²) in [5.41, 5.74) is 3.11. The molecule has 1 amide bonds. The SMILES string of the molecule is CC(NC(O)c1ccc(-c2ccccc2)nc1)C(=O)N1CCC2(CC1)CC2. The molecule has 2 unspecified atom stereocenters. The van der Waals surface area contributed by atoms with Gasteiger partial charge in [0.15, 0.2) is 0 Å². The van der Waals surface area contributed by atoms with Crippen molar-refractivity contribution < 1.29 is 9.90 Å². The van der Waals surface area contributed by atoms with Gasteiger partial charge < -0.3 is 10.0 Å². The Bertz CT molecular complexity index is 777. The van der Waals surface area contributed by atoms with Gasteiger partial charge in [-0.25, -0.2) is 0 Å². The summed E-state index contributed by atoms with van der Waals surface area (Å²) in [6, 6.07) is 13.2. The predicted octanol–water partition coefficient (Wildman–Crippen LogP) is 3.12. The molecule has 1 saturated carbocycles. The fraction of sp³-hybridized carbons (Fsp3) is 0.455. The zero-order valence-corrected chi connectivity index (χ0v) is 15.8. The molecule has 2 fully saturated rings. The van der Waals surface area contributed by atoms with E-state index in [1.165, 1.54) is 12.8 Å². The fourth-order valence-electron chi connectivity index (χ4n) is 3.90. The van der Waals surface area contributed by atoms with Crippen LogP contribution in [-0.4, -0.2) is 40.0 Å². The number of piperidine rings is 1. The third kappa shape index (κ3) is 4.04. The Morgan fingerprint density at radius 3 is 2.41 bits per heavy atom. The Morgan fingerprint density at radius 2 is 1.81 bits per heavy atom. The Hall–Kier alpha value is -2.24. The summed E-state index contributed by atoms with van der Waals surface area (Å²) < 4.78 is 0. The molecule has 2 atom stereocenters. The molecule has 1 saturated heterocycles. The number of hydrogen-bond acceptors (Lipinski definition) is 4. The topological polar surface area (TPSA) is 65.5 Å². The lowest BCUT2D eigenvalue weighted by atomic mass is 9.93. The molecule has 5 nitrogen and oxygen atoms in total. The van der Waals surface area contributed by atoms with E-state index in [0.717, 1.165) is 37.2 Å². The van der Waals surface area contributed by atoms with Crippen molar-refractivity contribution in [3.8, 4) is 11.3 Å². The number of amides is 1. The number of aliphatic hydroxyl groups excluding tert-OH is 1. The van der Waals surface area contributed by atoms with Crippen molar-refractivity contribution >= 4 is 5.91 Å². The first-order valence-electron chi connectivity index (χ1n) is 9.81. The first kappa shape index (κ1) is 18.1. The van der Waals surface area contributed by atoms with Crippen molar-refractivity contribution in [2.75, 3.05) is 13.1 Å². The molecule has 2 aromatic rings. The van der Waals surface area contributed by atoms with E-state index in [2.05, 4.69) is 10.3 Å². The average molecular weight is 365 g/mol. The summed E-state index contributed by atoms with van der Waals surface area (Å²) in [4.78, 5) is 19.0. The number of nitrogens with zero attached hydrogens (tertiary/aromatic N) is 2. The third-order valence-corrected chi connectivity index (χ3v) is 6.04. The van der Waals surface area contributed by atoms with E-state index < -0.39 is 12.3 Å². The molecule has 1 spiro atoms. The molecule has 4 rings (SSSR count). The minimum atomic E-state index is -0.916. The number of likely N-dealkylation sites (tertiary alicyclic amines) is 1. The van der Waals surface area contributed by atoms with Crippen molar-refractivity contribution in [1.82, 2.24) is 15.2 Å². The smallest absolute Gasteiger partial charge is 0.239 e. The number of hydrogen-bond donors (Lipinski definition) is 2. The average Bonchev–Trinajstić information content (AvgIpc) is 3.47. The molecule has 1 aliphatic carbocycles. The normalized spacial score (nSPS) is 20.3. The van der Waals surface area contributed by atoms with E-state index >= 15 is 0 Å². The quantitative estimate of drug-likeness (QED) is 0.799. The van der Waals surface area contributed by atoms with Gasteiger partial charge in [0, 0.05) is 30.4 Å². The minimum absolute atomic E-state index is 0.0680. The first-order chi connectivity index (χ1) is 13.1. The van der Waals surface area contributed by atoms with Crippen molar-refractivity contribution in [2.24, 2.45) is 5.41 Å².